The molecule has 142 valence electrons. The first kappa shape index (κ1) is 18.0. The number of amides is 2. The highest BCUT2D eigenvalue weighted by Crippen LogP contribution is 2.30. The van der Waals surface area contributed by atoms with Crippen LogP contribution in [-0.4, -0.2) is 23.3 Å². The van der Waals surface area contributed by atoms with Gasteiger partial charge in [0.15, 0.2) is 0 Å². The van der Waals surface area contributed by atoms with Crippen LogP contribution in [0.25, 0.3) is 11.3 Å². The molecule has 1 aliphatic heterocycles. The van der Waals surface area contributed by atoms with Crippen LogP contribution in [0.15, 0.2) is 59.0 Å². The number of benzene rings is 2. The Morgan fingerprint density at radius 2 is 1.75 bits per heavy atom. The number of aryl methyl sites for hydroxylation is 1. The van der Waals surface area contributed by atoms with Crippen LogP contribution in [0.5, 0.6) is 0 Å². The minimum absolute atomic E-state index is 0.0491. The molecule has 0 unspecified atom stereocenters. The molecular formula is C23H22N2O3. The number of hydrogen-bond donors (Lipinski definition) is 1. The molecule has 1 N–H and O–H groups in total. The van der Waals surface area contributed by atoms with Gasteiger partial charge in [-0.1, -0.05) is 17.7 Å². The van der Waals surface area contributed by atoms with Gasteiger partial charge in [0.25, 0.3) is 5.91 Å². The molecule has 2 heterocycles. The van der Waals surface area contributed by atoms with Crippen LogP contribution in [0.1, 0.15) is 34.2 Å². The Hall–Kier alpha value is -3.34. The predicted octanol–water partition coefficient (Wildman–Crippen LogP) is 4.41. The Balaban J connectivity index is 1.51. The van der Waals surface area contributed by atoms with Crippen LogP contribution in [-0.2, 0) is 17.8 Å². The maximum Gasteiger partial charge on any atom is 0.254 e. The minimum atomic E-state index is -0.0976. The van der Waals surface area contributed by atoms with Gasteiger partial charge in [-0.05, 0) is 49.4 Å². The van der Waals surface area contributed by atoms with E-state index in [2.05, 4.69) is 5.32 Å². The number of anilines is 1. The molecule has 0 fully saturated rings. The van der Waals surface area contributed by atoms with Gasteiger partial charge in [-0.3, -0.25) is 9.59 Å². The quantitative estimate of drug-likeness (QED) is 0.738. The van der Waals surface area contributed by atoms with Crippen LogP contribution < -0.4 is 5.32 Å². The average molecular weight is 374 g/mol. The Kier molecular flexibility index (Phi) is 4.74. The first-order valence-electron chi connectivity index (χ1n) is 9.35. The highest BCUT2D eigenvalue weighted by atomic mass is 16.3. The molecule has 2 aromatic carbocycles. The Bertz CT molecular complexity index is 1020. The number of carbonyl (C=O) groups is 2. The zero-order valence-corrected chi connectivity index (χ0v) is 16.0. The first-order chi connectivity index (χ1) is 13.5. The average Bonchev–Trinajstić information content (AvgIpc) is 3.11. The fourth-order valence-corrected chi connectivity index (χ4v) is 3.45. The van der Waals surface area contributed by atoms with Crippen LogP contribution >= 0.6 is 0 Å². The fourth-order valence-electron chi connectivity index (χ4n) is 3.45. The largest absolute Gasteiger partial charge is 0.461 e. The lowest BCUT2D eigenvalue weighted by molar-refractivity contribution is -0.114. The van der Waals surface area contributed by atoms with Crippen molar-refractivity contribution in [2.75, 3.05) is 11.9 Å². The molecule has 28 heavy (non-hydrogen) atoms. The van der Waals surface area contributed by atoms with Gasteiger partial charge >= 0.3 is 0 Å². The molecule has 0 radical (unpaired) electrons. The molecule has 0 saturated heterocycles. The number of furan rings is 1. The number of hydrogen-bond acceptors (Lipinski definition) is 3. The molecule has 0 spiro atoms. The van der Waals surface area contributed by atoms with E-state index in [9.17, 15) is 9.59 Å². The Morgan fingerprint density at radius 3 is 2.43 bits per heavy atom. The van der Waals surface area contributed by atoms with Crippen molar-refractivity contribution in [3.05, 3.63) is 77.0 Å². The number of nitrogens with zero attached hydrogens (tertiary/aromatic N) is 1. The summed E-state index contributed by atoms with van der Waals surface area (Å²) in [6, 6.07) is 17.2. The van der Waals surface area contributed by atoms with E-state index < -0.39 is 0 Å². The van der Waals surface area contributed by atoms with Crippen molar-refractivity contribution in [2.45, 2.75) is 26.8 Å². The molecule has 0 bridgehead atoms. The highest BCUT2D eigenvalue weighted by Gasteiger charge is 2.25. The van der Waals surface area contributed by atoms with Gasteiger partial charge in [0.1, 0.15) is 11.5 Å². The van der Waals surface area contributed by atoms with Gasteiger partial charge in [0.2, 0.25) is 5.91 Å². The summed E-state index contributed by atoms with van der Waals surface area (Å²) in [4.78, 5) is 25.8. The van der Waals surface area contributed by atoms with E-state index >= 15 is 0 Å². The summed E-state index contributed by atoms with van der Waals surface area (Å²) >= 11 is 0. The maximum atomic E-state index is 12.8. The van der Waals surface area contributed by atoms with Crippen molar-refractivity contribution in [3.8, 4) is 11.3 Å². The monoisotopic (exact) mass is 374 g/mol. The van der Waals surface area contributed by atoms with Crippen molar-refractivity contribution in [2.24, 2.45) is 0 Å². The first-order valence-corrected chi connectivity index (χ1v) is 9.35. The summed E-state index contributed by atoms with van der Waals surface area (Å²) in [6.07, 6.45) is 0.705. The van der Waals surface area contributed by atoms with E-state index in [0.29, 0.717) is 25.1 Å². The lowest BCUT2D eigenvalue weighted by atomic mass is 10.1. The smallest absolute Gasteiger partial charge is 0.254 e. The fraction of sp³-hybridized carbons (Fsp3) is 0.217. The van der Waals surface area contributed by atoms with Crippen molar-refractivity contribution >= 4 is 17.5 Å². The summed E-state index contributed by atoms with van der Waals surface area (Å²) in [5.74, 6) is 1.67. The van der Waals surface area contributed by atoms with E-state index in [1.165, 1.54) is 6.92 Å². The van der Waals surface area contributed by atoms with Crippen molar-refractivity contribution in [3.63, 3.8) is 0 Å². The van der Waals surface area contributed by atoms with Crippen molar-refractivity contribution in [1.29, 1.82) is 0 Å². The SMILES string of the molecule is CC(=O)Nc1ccc(-c2cc3c(o2)CCN(C(=O)c2ccc(C)cc2)C3)cc1. The van der Waals surface area contributed by atoms with Gasteiger partial charge in [0.05, 0.1) is 0 Å². The van der Waals surface area contributed by atoms with Crippen molar-refractivity contribution in [1.82, 2.24) is 4.90 Å². The van der Waals surface area contributed by atoms with Crippen LogP contribution in [0.2, 0.25) is 0 Å². The molecule has 5 heteroatoms. The Labute approximate surface area is 164 Å². The summed E-state index contributed by atoms with van der Waals surface area (Å²) in [5.41, 5.74) is 4.60. The van der Waals surface area contributed by atoms with Gasteiger partial charge in [0, 0.05) is 48.8 Å². The molecule has 3 aromatic rings. The zero-order chi connectivity index (χ0) is 19.7. The molecule has 0 aliphatic carbocycles. The summed E-state index contributed by atoms with van der Waals surface area (Å²) < 4.78 is 6.04. The standard InChI is InChI=1S/C23H22N2O3/c1-15-3-5-18(6-4-15)23(27)25-12-11-21-19(14-25)13-22(28-21)17-7-9-20(10-8-17)24-16(2)26/h3-10,13H,11-12,14H2,1-2H3,(H,24,26). The molecule has 2 amide bonds. The minimum Gasteiger partial charge on any atom is -0.461 e. The highest BCUT2D eigenvalue weighted by molar-refractivity contribution is 5.94. The number of carbonyl (C=O) groups excluding carboxylic acids is 2. The van der Waals surface area contributed by atoms with E-state index in [0.717, 1.165) is 33.9 Å². The third-order valence-electron chi connectivity index (χ3n) is 4.94. The lowest BCUT2D eigenvalue weighted by Gasteiger charge is -2.26. The molecule has 1 aromatic heterocycles. The van der Waals surface area contributed by atoms with Gasteiger partial charge < -0.3 is 14.6 Å². The second kappa shape index (κ2) is 7.35. The van der Waals surface area contributed by atoms with E-state index in [1.807, 2.05) is 66.4 Å². The number of rotatable bonds is 3. The second-order valence-electron chi connectivity index (χ2n) is 7.16. The number of nitrogens with one attached hydrogen (secondary N) is 1. The predicted molar refractivity (Wildman–Crippen MR) is 108 cm³/mol. The van der Waals surface area contributed by atoms with Crippen LogP contribution in [0.3, 0.4) is 0 Å². The summed E-state index contributed by atoms with van der Waals surface area (Å²) in [5, 5.41) is 2.76. The van der Waals surface area contributed by atoms with Gasteiger partial charge in [-0.2, -0.15) is 0 Å². The van der Waals surface area contributed by atoms with E-state index in [4.69, 9.17) is 4.42 Å². The molecule has 0 saturated carbocycles. The van der Waals surface area contributed by atoms with Gasteiger partial charge in [-0.25, -0.2) is 0 Å². The summed E-state index contributed by atoms with van der Waals surface area (Å²) in [7, 11) is 0. The molecule has 5 nitrogen and oxygen atoms in total. The van der Waals surface area contributed by atoms with Crippen LogP contribution in [0, 0.1) is 6.92 Å². The van der Waals surface area contributed by atoms with Crippen LogP contribution in [0.4, 0.5) is 5.69 Å². The maximum absolute atomic E-state index is 12.8. The van der Waals surface area contributed by atoms with E-state index in [1.54, 1.807) is 0 Å². The molecule has 4 rings (SSSR count). The summed E-state index contributed by atoms with van der Waals surface area (Å²) in [6.45, 7) is 4.69. The topological polar surface area (TPSA) is 62.6 Å². The molecule has 0 atom stereocenters. The lowest BCUT2D eigenvalue weighted by Crippen LogP contribution is -2.35. The molecular weight excluding hydrogens is 352 g/mol. The molecule has 1 aliphatic rings. The second-order valence-corrected chi connectivity index (χ2v) is 7.16. The third kappa shape index (κ3) is 3.69. The van der Waals surface area contributed by atoms with Crippen molar-refractivity contribution < 1.29 is 14.0 Å². The third-order valence-corrected chi connectivity index (χ3v) is 4.94. The van der Waals surface area contributed by atoms with Gasteiger partial charge in [-0.15, -0.1) is 0 Å². The number of fused-ring (bicyclic) bond motifs is 1. The normalized spacial score (nSPS) is 13.1. The zero-order valence-electron chi connectivity index (χ0n) is 16.0. The van der Waals surface area contributed by atoms with E-state index in [-0.39, 0.29) is 11.8 Å². The Morgan fingerprint density at radius 1 is 1.04 bits per heavy atom.